The van der Waals surface area contributed by atoms with E-state index in [0.717, 1.165) is 0 Å². The van der Waals surface area contributed by atoms with Crippen molar-refractivity contribution in [3.8, 4) is 0 Å². The van der Waals surface area contributed by atoms with Crippen LogP contribution in [0.15, 0.2) is 36.5 Å². The van der Waals surface area contributed by atoms with Crippen molar-refractivity contribution in [2.24, 2.45) is 0 Å². The van der Waals surface area contributed by atoms with Crippen molar-refractivity contribution in [1.82, 2.24) is 0 Å². The first-order valence-corrected chi connectivity index (χ1v) is 4.89. The first kappa shape index (κ1) is 9.31. The number of hydrogen-bond acceptors (Lipinski definition) is 0. The van der Waals surface area contributed by atoms with Crippen LogP contribution in [0.3, 0.4) is 0 Å². The third-order valence-corrected chi connectivity index (χ3v) is 2.07. The van der Waals surface area contributed by atoms with Crippen LogP contribution in [0.25, 0.3) is 0 Å². The molecule has 1 rings (SSSR count). The summed E-state index contributed by atoms with van der Waals surface area (Å²) in [5.41, 5.74) is 1.68. The van der Waals surface area contributed by atoms with E-state index >= 15 is 0 Å². The van der Waals surface area contributed by atoms with Crippen molar-refractivity contribution in [2.45, 2.75) is 38.5 Å². The molecule has 0 bridgehead atoms. The molecule has 0 aromatic heterocycles. The Hall–Kier alpha value is -0.780. The van der Waals surface area contributed by atoms with Crippen molar-refractivity contribution in [2.75, 3.05) is 0 Å². The molecule has 0 radical (unpaired) electrons. The van der Waals surface area contributed by atoms with Crippen molar-refractivity contribution < 1.29 is 0 Å². The van der Waals surface area contributed by atoms with Gasteiger partial charge in [0.2, 0.25) is 0 Å². The maximum Gasteiger partial charge on any atom is -0.0283 e. The van der Waals surface area contributed by atoms with Gasteiger partial charge < -0.3 is 0 Å². The van der Waals surface area contributed by atoms with Gasteiger partial charge in [-0.15, -0.1) is 0 Å². The third kappa shape index (κ3) is 4.95. The zero-order chi connectivity index (χ0) is 8.65. The lowest BCUT2D eigenvalue weighted by Crippen LogP contribution is -1.71. The van der Waals surface area contributed by atoms with Crippen molar-refractivity contribution in [3.05, 3.63) is 36.5 Å². The van der Waals surface area contributed by atoms with E-state index in [1.54, 1.807) is 5.57 Å². The van der Waals surface area contributed by atoms with E-state index in [2.05, 4.69) is 18.7 Å². The predicted octanol–water partition coefficient (Wildman–Crippen LogP) is 4.01. The normalized spacial score (nSPS) is 15.2. The van der Waals surface area contributed by atoms with Crippen LogP contribution in [0.5, 0.6) is 0 Å². The molecule has 0 nitrogen and oxygen atoms in total. The summed E-state index contributed by atoms with van der Waals surface area (Å²) in [6, 6.07) is 0. The summed E-state index contributed by atoms with van der Waals surface area (Å²) < 4.78 is 0. The van der Waals surface area contributed by atoms with E-state index in [-0.39, 0.29) is 0 Å². The predicted molar refractivity (Wildman–Crippen MR) is 55.1 cm³/mol. The summed E-state index contributed by atoms with van der Waals surface area (Å²) in [5.74, 6) is 0. The minimum Gasteiger partial charge on any atom is -0.0991 e. The molecule has 1 saturated carbocycles. The fraction of sp³-hybridized carbons (Fsp3) is 0.500. The van der Waals surface area contributed by atoms with E-state index in [9.17, 15) is 0 Å². The molecule has 0 spiro atoms. The third-order valence-electron chi connectivity index (χ3n) is 2.07. The number of unbranched alkanes of at least 4 members (excludes halogenated alkanes) is 3. The average Bonchev–Trinajstić information content (AvgIpc) is 2.87. The highest BCUT2D eigenvalue weighted by molar-refractivity contribution is 5.15. The maximum atomic E-state index is 3.63. The molecule has 0 aliphatic heterocycles. The molecule has 1 aliphatic rings. The van der Waals surface area contributed by atoms with Gasteiger partial charge in [0.1, 0.15) is 0 Å². The second-order valence-corrected chi connectivity index (χ2v) is 3.31. The smallest absolute Gasteiger partial charge is 0.0283 e. The molecule has 0 unspecified atom stereocenters. The SMILES string of the molecule is C=CC=CCCCCC=C1CC1. The molecule has 0 heterocycles. The molecule has 0 saturated heterocycles. The summed E-state index contributed by atoms with van der Waals surface area (Å²) in [4.78, 5) is 0. The Labute approximate surface area is 75.7 Å². The highest BCUT2D eigenvalue weighted by Crippen LogP contribution is 2.28. The number of allylic oxidation sites excluding steroid dienone is 5. The molecule has 66 valence electrons. The first-order chi connectivity index (χ1) is 5.93. The van der Waals surface area contributed by atoms with Gasteiger partial charge in [-0.3, -0.25) is 0 Å². The van der Waals surface area contributed by atoms with Crippen molar-refractivity contribution in [1.29, 1.82) is 0 Å². The zero-order valence-corrected chi connectivity index (χ0v) is 7.76. The fourth-order valence-electron chi connectivity index (χ4n) is 1.18. The zero-order valence-electron chi connectivity index (χ0n) is 7.76. The Morgan fingerprint density at radius 3 is 2.58 bits per heavy atom. The average molecular weight is 162 g/mol. The largest absolute Gasteiger partial charge is 0.0991 e. The van der Waals surface area contributed by atoms with E-state index in [4.69, 9.17) is 0 Å². The maximum absolute atomic E-state index is 3.63. The van der Waals surface area contributed by atoms with Crippen LogP contribution in [-0.4, -0.2) is 0 Å². The second kappa shape index (κ2) is 5.82. The van der Waals surface area contributed by atoms with Crippen molar-refractivity contribution in [3.63, 3.8) is 0 Å². The van der Waals surface area contributed by atoms with Gasteiger partial charge in [0.15, 0.2) is 0 Å². The summed E-state index contributed by atoms with van der Waals surface area (Å²) in [7, 11) is 0. The number of hydrogen-bond donors (Lipinski definition) is 0. The lowest BCUT2D eigenvalue weighted by Gasteiger charge is -1.91. The minimum absolute atomic E-state index is 1.20. The minimum atomic E-state index is 1.20. The summed E-state index contributed by atoms with van der Waals surface area (Å²) in [5, 5.41) is 0. The van der Waals surface area contributed by atoms with Gasteiger partial charge in [0, 0.05) is 0 Å². The lowest BCUT2D eigenvalue weighted by molar-refractivity contribution is 0.761. The summed E-state index contributed by atoms with van der Waals surface area (Å²) in [6.45, 7) is 3.63. The molecular formula is C12H18. The lowest BCUT2D eigenvalue weighted by atomic mass is 10.2. The molecule has 12 heavy (non-hydrogen) atoms. The molecule has 0 N–H and O–H groups in total. The van der Waals surface area contributed by atoms with Crippen LogP contribution in [0, 0.1) is 0 Å². The van der Waals surface area contributed by atoms with Gasteiger partial charge in [-0.2, -0.15) is 0 Å². The molecule has 1 fully saturated rings. The first-order valence-electron chi connectivity index (χ1n) is 4.89. The van der Waals surface area contributed by atoms with Gasteiger partial charge in [-0.25, -0.2) is 0 Å². The van der Waals surface area contributed by atoms with Gasteiger partial charge in [-0.1, -0.05) is 36.5 Å². The Morgan fingerprint density at radius 1 is 1.17 bits per heavy atom. The van der Waals surface area contributed by atoms with Crippen LogP contribution in [0.4, 0.5) is 0 Å². The van der Waals surface area contributed by atoms with Crippen LogP contribution in [0.1, 0.15) is 38.5 Å². The number of rotatable bonds is 6. The van der Waals surface area contributed by atoms with Crippen LogP contribution < -0.4 is 0 Å². The van der Waals surface area contributed by atoms with Crippen molar-refractivity contribution >= 4 is 0 Å². The van der Waals surface area contributed by atoms with E-state index < -0.39 is 0 Å². The summed E-state index contributed by atoms with van der Waals surface area (Å²) >= 11 is 0. The molecule has 0 aromatic rings. The second-order valence-electron chi connectivity index (χ2n) is 3.31. The Morgan fingerprint density at radius 2 is 1.92 bits per heavy atom. The molecule has 0 atom stereocenters. The van der Waals surface area contributed by atoms with Crippen LogP contribution in [-0.2, 0) is 0 Å². The molecule has 0 aromatic carbocycles. The van der Waals surface area contributed by atoms with Gasteiger partial charge in [0.25, 0.3) is 0 Å². The summed E-state index contributed by atoms with van der Waals surface area (Å²) in [6.07, 6.45) is 16.4. The van der Waals surface area contributed by atoms with Crippen LogP contribution >= 0.6 is 0 Å². The van der Waals surface area contributed by atoms with E-state index in [1.807, 2.05) is 12.2 Å². The molecule has 1 aliphatic carbocycles. The quantitative estimate of drug-likeness (QED) is 0.314. The molecule has 0 amide bonds. The Kier molecular flexibility index (Phi) is 4.51. The van der Waals surface area contributed by atoms with Gasteiger partial charge in [0.05, 0.1) is 0 Å². The van der Waals surface area contributed by atoms with Gasteiger partial charge in [-0.05, 0) is 38.5 Å². The monoisotopic (exact) mass is 162 g/mol. The fourth-order valence-corrected chi connectivity index (χ4v) is 1.18. The standard InChI is InChI=1S/C12H18/c1-2-3-4-5-6-7-8-9-12-10-11-12/h2-4,9H,1,5-8,10-11H2. The Balaban J connectivity index is 1.85. The van der Waals surface area contributed by atoms with Gasteiger partial charge >= 0.3 is 0 Å². The highest BCUT2D eigenvalue weighted by atomic mass is 14.1. The molecule has 0 heteroatoms. The Bertz CT molecular complexity index is 178. The molecular weight excluding hydrogens is 144 g/mol. The van der Waals surface area contributed by atoms with E-state index in [1.165, 1.54) is 38.5 Å². The van der Waals surface area contributed by atoms with Crippen LogP contribution in [0.2, 0.25) is 0 Å². The van der Waals surface area contributed by atoms with E-state index in [0.29, 0.717) is 0 Å². The topological polar surface area (TPSA) is 0 Å². The highest BCUT2D eigenvalue weighted by Gasteiger charge is 2.08.